The molecule has 4 aromatic carbocycles. The lowest BCUT2D eigenvalue weighted by Gasteiger charge is -2.50. The molecule has 4 aromatic rings. The Kier molecular flexibility index (Phi) is 20.3. The topological polar surface area (TPSA) is 309 Å². The van der Waals surface area contributed by atoms with Crippen LogP contribution >= 0.6 is 0 Å². The summed E-state index contributed by atoms with van der Waals surface area (Å²) in [4.78, 5) is 110. The summed E-state index contributed by atoms with van der Waals surface area (Å²) in [5.74, 6) is -4.61. The number of phenols is 1. The van der Waals surface area contributed by atoms with E-state index in [2.05, 4.69) is 33.2 Å². The predicted octanol–water partition coefficient (Wildman–Crippen LogP) is 4.51. The largest absolute Gasteiger partial charge is 0.508 e. The molecule has 0 aromatic heterocycles. The van der Waals surface area contributed by atoms with Crippen molar-refractivity contribution in [2.24, 2.45) is 28.0 Å². The zero-order valence-corrected chi connectivity index (χ0v) is 43.6. The number of hydrazine groups is 1. The SMILES string of the molecule is C[C@]12CC[C@@H]3c4ccc(O)cc4CC[C@H]3[C@@H]1CC[C@@H]2OC(=O)CCC(=O)N[C@@H](CCCN=C(N)N[N+](=O)[O-])C(=O)NCC(=O)N[C@@H](CC(=O)OCc1ccccc1)C(=O)N[C@@H](Cc1ccccc1)C(=O)OCc1ccccc1. The Morgan fingerprint density at radius 3 is 2.09 bits per heavy atom. The maximum Gasteiger partial charge on any atom is 0.329 e. The molecule has 3 aliphatic rings. The molecule has 3 aliphatic carbocycles. The molecule has 0 unspecified atom stereocenters. The van der Waals surface area contributed by atoms with E-state index in [0.29, 0.717) is 40.9 Å². The molecule has 0 aliphatic heterocycles. The number of aromatic hydroxyl groups is 1. The summed E-state index contributed by atoms with van der Waals surface area (Å²) in [5.41, 5.74) is 11.6. The lowest BCUT2D eigenvalue weighted by Crippen LogP contribution is -2.55. The Bertz CT molecular complexity index is 2780. The van der Waals surface area contributed by atoms with Crippen LogP contribution in [0.4, 0.5) is 0 Å². The number of fused-ring (bicyclic) bond motifs is 5. The van der Waals surface area contributed by atoms with Gasteiger partial charge < -0.3 is 46.3 Å². The monoisotopic (exact) mass is 1070 g/mol. The number of nitro groups is 1. The summed E-state index contributed by atoms with van der Waals surface area (Å²) in [6, 6.07) is 28.0. The lowest BCUT2D eigenvalue weighted by molar-refractivity contribution is -0.525. The summed E-state index contributed by atoms with van der Waals surface area (Å²) in [6.45, 7) is 1.12. The van der Waals surface area contributed by atoms with Crippen molar-refractivity contribution in [1.29, 1.82) is 0 Å². The zero-order valence-electron chi connectivity index (χ0n) is 43.6. The van der Waals surface area contributed by atoms with E-state index in [4.69, 9.17) is 19.9 Å². The summed E-state index contributed by atoms with van der Waals surface area (Å²) in [5, 5.41) is 30.2. The molecular formula is C57H68N8O13. The number of ether oxygens (including phenoxy) is 3. The van der Waals surface area contributed by atoms with Crippen molar-refractivity contribution in [2.75, 3.05) is 13.1 Å². The maximum atomic E-state index is 14.1. The number of esters is 3. The molecule has 0 radical (unpaired) electrons. The van der Waals surface area contributed by atoms with Gasteiger partial charge in [0.25, 0.3) is 5.96 Å². The third-order valence-corrected chi connectivity index (χ3v) is 15.0. The van der Waals surface area contributed by atoms with Gasteiger partial charge in [-0.15, -0.1) is 0 Å². The standard InChI is InChI=1S/C57H68N8O13/c1-57-28-27-42-41-22-20-40(66)31-39(41)19-21-43(42)44(57)23-24-48(57)78-51(69)26-25-49(67)61-45(18-11-29-59-56(58)64-65(74)75)53(71)60-33-50(68)62-46(32-52(70)76-34-37-14-7-3-8-15-37)54(72)63-47(30-36-12-5-2-6-13-36)55(73)77-35-38-16-9-4-10-17-38/h2-10,12-17,20,22,31,42-48,66H,11,18-19,21,23-30,32-35H2,1H3,(H,60,71)(H,61,67)(H,62,68)(H,63,72)(H3,58,59,64)/t42-,43-,44+,45+,46+,47+,48+,57+/m1/s1. The van der Waals surface area contributed by atoms with Crippen molar-refractivity contribution in [2.45, 2.75) is 127 Å². The van der Waals surface area contributed by atoms with E-state index in [1.807, 2.05) is 18.2 Å². The Hall–Kier alpha value is -8.36. The van der Waals surface area contributed by atoms with E-state index >= 15 is 0 Å². The Balaban J connectivity index is 0.967. The summed E-state index contributed by atoms with van der Waals surface area (Å²) >= 11 is 0. The molecule has 21 heteroatoms. The zero-order chi connectivity index (χ0) is 55.6. The Morgan fingerprint density at radius 1 is 0.756 bits per heavy atom. The molecule has 2 saturated carbocycles. The second-order valence-electron chi connectivity index (χ2n) is 20.3. The summed E-state index contributed by atoms with van der Waals surface area (Å²) < 4.78 is 17.1. The third-order valence-electron chi connectivity index (χ3n) is 15.0. The number of nitrogens with zero attached hydrogens (tertiary/aromatic N) is 2. The number of aryl methyl sites for hydroxylation is 1. The van der Waals surface area contributed by atoms with Crippen molar-refractivity contribution in [1.82, 2.24) is 26.7 Å². The number of carbonyl (C=O) groups excluding carboxylic acids is 7. The molecule has 8 atom stereocenters. The number of guanidine groups is 1. The van der Waals surface area contributed by atoms with Gasteiger partial charge in [0.1, 0.15) is 43.2 Å². The van der Waals surface area contributed by atoms with Crippen molar-refractivity contribution in [3.8, 4) is 5.75 Å². The fourth-order valence-corrected chi connectivity index (χ4v) is 11.2. The number of carbonyl (C=O) groups is 7. The number of hydrogen-bond acceptors (Lipinski definition) is 14. The Morgan fingerprint density at radius 2 is 1.41 bits per heavy atom. The molecule has 8 N–H and O–H groups in total. The van der Waals surface area contributed by atoms with Gasteiger partial charge in [-0.1, -0.05) is 109 Å². The number of nitrogens with two attached hydrogens (primary N) is 1. The smallest absolute Gasteiger partial charge is 0.329 e. The predicted molar refractivity (Wildman–Crippen MR) is 284 cm³/mol. The molecule has 2 fully saturated rings. The number of aliphatic imine (C=N–C) groups is 1. The molecule has 4 amide bonds. The van der Waals surface area contributed by atoms with E-state index in [1.54, 1.807) is 96.4 Å². The molecule has 0 spiro atoms. The van der Waals surface area contributed by atoms with Crippen molar-refractivity contribution in [3.05, 3.63) is 147 Å². The summed E-state index contributed by atoms with van der Waals surface area (Å²) in [6.07, 6.45) is 3.67. The van der Waals surface area contributed by atoms with Crippen LogP contribution in [-0.2, 0) is 73.8 Å². The van der Waals surface area contributed by atoms with Crippen LogP contribution in [0.25, 0.3) is 0 Å². The van der Waals surface area contributed by atoms with Gasteiger partial charge in [0.2, 0.25) is 23.6 Å². The summed E-state index contributed by atoms with van der Waals surface area (Å²) in [7, 11) is 0. The quantitative estimate of drug-likeness (QED) is 0.00914. The van der Waals surface area contributed by atoms with E-state index in [9.17, 15) is 48.8 Å². The fraction of sp³-hybridized carbons (Fsp3) is 0.439. The minimum atomic E-state index is -1.61. The van der Waals surface area contributed by atoms with Gasteiger partial charge in [-0.25, -0.2) is 19.9 Å². The third kappa shape index (κ3) is 16.3. The second-order valence-corrected chi connectivity index (χ2v) is 20.3. The fourth-order valence-electron chi connectivity index (χ4n) is 11.2. The van der Waals surface area contributed by atoms with Crippen LogP contribution in [0.2, 0.25) is 0 Å². The number of benzene rings is 4. The average Bonchev–Trinajstić information content (AvgIpc) is 3.83. The highest BCUT2D eigenvalue weighted by Crippen LogP contribution is 2.61. The number of nitrogens with one attached hydrogen (secondary N) is 5. The number of rotatable bonds is 25. The van der Waals surface area contributed by atoms with Gasteiger partial charge in [-0.3, -0.25) is 28.8 Å². The first kappa shape index (κ1) is 57.3. The van der Waals surface area contributed by atoms with Gasteiger partial charge in [-0.05, 0) is 109 Å². The van der Waals surface area contributed by atoms with Crippen molar-refractivity contribution in [3.63, 3.8) is 0 Å². The highest BCUT2D eigenvalue weighted by Gasteiger charge is 2.56. The highest BCUT2D eigenvalue weighted by molar-refractivity contribution is 5.95. The van der Waals surface area contributed by atoms with Crippen LogP contribution in [0.5, 0.6) is 5.75 Å². The van der Waals surface area contributed by atoms with Crippen LogP contribution in [0.3, 0.4) is 0 Å². The van der Waals surface area contributed by atoms with Crippen LogP contribution in [0.1, 0.15) is 105 Å². The van der Waals surface area contributed by atoms with E-state index < -0.39 is 83.6 Å². The van der Waals surface area contributed by atoms with Gasteiger partial charge in [0, 0.05) is 24.8 Å². The lowest BCUT2D eigenvalue weighted by atomic mass is 9.55. The number of phenolic OH excluding ortho intramolecular Hbond substituents is 1. The maximum absolute atomic E-state index is 14.1. The van der Waals surface area contributed by atoms with Crippen LogP contribution in [0, 0.1) is 27.4 Å². The second kappa shape index (κ2) is 27.6. The first-order valence-corrected chi connectivity index (χ1v) is 26.4. The average molecular weight is 1070 g/mol. The molecule has 414 valence electrons. The van der Waals surface area contributed by atoms with Gasteiger partial charge in [0.15, 0.2) is 5.03 Å². The molecule has 0 saturated heterocycles. The molecule has 0 heterocycles. The molecule has 7 rings (SSSR count). The normalized spacial score (nSPS) is 20.3. The number of amides is 4. The minimum Gasteiger partial charge on any atom is -0.508 e. The Labute approximate surface area is 452 Å². The van der Waals surface area contributed by atoms with Gasteiger partial charge in [0.05, 0.1) is 19.4 Å². The minimum absolute atomic E-state index is 0.000639. The molecule has 0 bridgehead atoms. The van der Waals surface area contributed by atoms with E-state index in [1.165, 1.54) is 11.1 Å². The van der Waals surface area contributed by atoms with Crippen LogP contribution in [0.15, 0.2) is 114 Å². The van der Waals surface area contributed by atoms with Crippen molar-refractivity contribution >= 4 is 47.5 Å². The van der Waals surface area contributed by atoms with Crippen LogP contribution < -0.4 is 32.4 Å². The first-order chi connectivity index (χ1) is 37.5. The van der Waals surface area contributed by atoms with Gasteiger partial charge in [-0.2, -0.15) is 0 Å². The van der Waals surface area contributed by atoms with E-state index in [-0.39, 0.29) is 69.1 Å². The molecule has 78 heavy (non-hydrogen) atoms. The first-order valence-electron chi connectivity index (χ1n) is 26.4. The van der Waals surface area contributed by atoms with Crippen LogP contribution in [-0.4, -0.2) is 95.0 Å². The molecule has 21 nitrogen and oxygen atoms in total. The van der Waals surface area contributed by atoms with Gasteiger partial charge >= 0.3 is 17.9 Å². The molecular weight excluding hydrogens is 1000 g/mol. The van der Waals surface area contributed by atoms with E-state index in [0.717, 1.165) is 32.1 Å². The number of hydrogen-bond donors (Lipinski definition) is 7. The van der Waals surface area contributed by atoms with Crippen molar-refractivity contribution < 1.29 is 57.9 Å². The highest BCUT2D eigenvalue weighted by atomic mass is 16.7.